The Morgan fingerprint density at radius 3 is 2.44 bits per heavy atom. The minimum absolute atomic E-state index is 0.357. The molecule has 0 amide bonds. The molecule has 1 aromatic rings. The maximum atomic E-state index is 13.2. The Bertz CT molecular complexity index is 456. The maximum absolute atomic E-state index is 13.2. The second-order valence-electron chi connectivity index (χ2n) is 4.13. The molecule has 1 aromatic carbocycles. The van der Waals surface area contributed by atoms with Gasteiger partial charge < -0.3 is 10.8 Å². The Kier molecular flexibility index (Phi) is 2.42. The minimum Gasteiger partial charge on any atom is -0.478 e. The van der Waals surface area contributed by atoms with Crippen molar-refractivity contribution in [3.63, 3.8) is 0 Å². The molecule has 16 heavy (non-hydrogen) atoms. The van der Waals surface area contributed by atoms with Crippen LogP contribution in [0.4, 0.5) is 8.78 Å². The zero-order chi connectivity index (χ0) is 11.9. The summed E-state index contributed by atoms with van der Waals surface area (Å²) in [7, 11) is 0. The third-order valence-electron chi connectivity index (χ3n) is 3.08. The van der Waals surface area contributed by atoms with Crippen LogP contribution in [-0.2, 0) is 5.54 Å². The van der Waals surface area contributed by atoms with Crippen molar-refractivity contribution < 1.29 is 18.7 Å². The van der Waals surface area contributed by atoms with Crippen molar-refractivity contribution in [2.45, 2.75) is 24.8 Å². The van der Waals surface area contributed by atoms with Gasteiger partial charge in [-0.2, -0.15) is 0 Å². The van der Waals surface area contributed by atoms with E-state index in [9.17, 15) is 13.6 Å². The smallest absolute Gasteiger partial charge is 0.338 e. The van der Waals surface area contributed by atoms with Crippen LogP contribution in [0.2, 0.25) is 0 Å². The first-order chi connectivity index (χ1) is 7.44. The van der Waals surface area contributed by atoms with Crippen LogP contribution < -0.4 is 5.73 Å². The molecule has 0 unspecified atom stereocenters. The molecule has 86 valence electrons. The van der Waals surface area contributed by atoms with Crippen LogP contribution in [-0.4, -0.2) is 11.1 Å². The molecular weight excluding hydrogens is 216 g/mol. The largest absolute Gasteiger partial charge is 0.478 e. The van der Waals surface area contributed by atoms with E-state index < -0.39 is 28.7 Å². The summed E-state index contributed by atoms with van der Waals surface area (Å²) in [5.74, 6) is -3.98. The number of rotatable bonds is 2. The predicted molar refractivity (Wildman–Crippen MR) is 53.0 cm³/mol. The van der Waals surface area contributed by atoms with Gasteiger partial charge in [0, 0.05) is 5.54 Å². The molecule has 3 nitrogen and oxygen atoms in total. The maximum Gasteiger partial charge on any atom is 0.338 e. The Balaban J connectivity index is 2.52. The summed E-state index contributed by atoms with van der Waals surface area (Å²) < 4.78 is 26.3. The first-order valence-corrected chi connectivity index (χ1v) is 4.96. The van der Waals surface area contributed by atoms with E-state index in [0.29, 0.717) is 18.4 Å². The van der Waals surface area contributed by atoms with Gasteiger partial charge in [-0.05, 0) is 37.0 Å². The Hall–Kier alpha value is -1.49. The van der Waals surface area contributed by atoms with Crippen LogP contribution in [0, 0.1) is 11.6 Å². The van der Waals surface area contributed by atoms with Crippen LogP contribution >= 0.6 is 0 Å². The van der Waals surface area contributed by atoms with Crippen LogP contribution in [0.15, 0.2) is 12.1 Å². The molecule has 5 heteroatoms. The van der Waals surface area contributed by atoms with Crippen molar-refractivity contribution in [1.82, 2.24) is 0 Å². The number of hydrogen-bond acceptors (Lipinski definition) is 2. The van der Waals surface area contributed by atoms with Crippen molar-refractivity contribution >= 4 is 5.97 Å². The molecule has 1 saturated carbocycles. The fourth-order valence-corrected chi connectivity index (χ4v) is 1.88. The second kappa shape index (κ2) is 3.52. The molecule has 1 aliphatic rings. The summed E-state index contributed by atoms with van der Waals surface area (Å²) in [6.07, 6.45) is 2.24. The second-order valence-corrected chi connectivity index (χ2v) is 4.13. The third-order valence-corrected chi connectivity index (χ3v) is 3.08. The van der Waals surface area contributed by atoms with Gasteiger partial charge in [0.15, 0.2) is 11.6 Å². The van der Waals surface area contributed by atoms with Crippen molar-refractivity contribution in [3.05, 3.63) is 34.9 Å². The molecule has 0 saturated heterocycles. The van der Waals surface area contributed by atoms with Crippen LogP contribution in [0.25, 0.3) is 0 Å². The molecule has 0 aliphatic heterocycles. The minimum atomic E-state index is -1.49. The molecule has 0 radical (unpaired) electrons. The van der Waals surface area contributed by atoms with Gasteiger partial charge in [-0.15, -0.1) is 0 Å². The number of nitrogens with two attached hydrogens (primary N) is 1. The van der Waals surface area contributed by atoms with E-state index >= 15 is 0 Å². The van der Waals surface area contributed by atoms with Gasteiger partial charge >= 0.3 is 5.97 Å². The molecule has 1 aliphatic carbocycles. The molecule has 0 bridgehead atoms. The Morgan fingerprint density at radius 1 is 1.38 bits per heavy atom. The summed E-state index contributed by atoms with van der Waals surface area (Å²) in [6, 6.07) is 2.11. The highest BCUT2D eigenvalue weighted by molar-refractivity contribution is 5.88. The van der Waals surface area contributed by atoms with Gasteiger partial charge in [-0.1, -0.05) is 0 Å². The van der Waals surface area contributed by atoms with E-state index in [1.165, 1.54) is 0 Å². The lowest BCUT2D eigenvalue weighted by atomic mass is 9.72. The van der Waals surface area contributed by atoms with Crippen molar-refractivity contribution in [2.75, 3.05) is 0 Å². The number of carboxylic acids is 1. The van der Waals surface area contributed by atoms with Gasteiger partial charge in [-0.3, -0.25) is 0 Å². The standard InChI is InChI=1S/C11H11F2NO2/c12-8-5-6(11(14)2-1-3-11)4-7(9(8)13)10(15)16/h4-5H,1-3,14H2,(H,15,16). The molecule has 0 aromatic heterocycles. The fraction of sp³-hybridized carbons (Fsp3) is 0.364. The summed E-state index contributed by atoms with van der Waals surface area (Å²) in [5, 5.41) is 8.72. The Morgan fingerprint density at radius 2 is 2.00 bits per heavy atom. The van der Waals surface area contributed by atoms with Gasteiger partial charge in [0.2, 0.25) is 0 Å². The van der Waals surface area contributed by atoms with E-state index in [-0.39, 0.29) is 0 Å². The summed E-state index contributed by atoms with van der Waals surface area (Å²) >= 11 is 0. The number of halogens is 2. The Labute approximate surface area is 90.9 Å². The van der Waals surface area contributed by atoms with Crippen molar-refractivity contribution in [3.8, 4) is 0 Å². The quantitative estimate of drug-likeness (QED) is 0.812. The summed E-state index contributed by atoms with van der Waals surface area (Å²) in [6.45, 7) is 0. The normalized spacial score (nSPS) is 17.9. The highest BCUT2D eigenvalue weighted by atomic mass is 19.2. The highest BCUT2D eigenvalue weighted by Gasteiger charge is 2.36. The first-order valence-electron chi connectivity index (χ1n) is 4.96. The number of carbonyl (C=O) groups is 1. The average Bonchev–Trinajstić information content (AvgIpc) is 2.18. The van der Waals surface area contributed by atoms with Crippen molar-refractivity contribution in [1.29, 1.82) is 0 Å². The van der Waals surface area contributed by atoms with E-state index in [4.69, 9.17) is 10.8 Å². The third kappa shape index (κ3) is 1.57. The number of hydrogen-bond donors (Lipinski definition) is 2. The van der Waals surface area contributed by atoms with E-state index in [2.05, 4.69) is 0 Å². The lowest BCUT2D eigenvalue weighted by Gasteiger charge is -2.38. The van der Waals surface area contributed by atoms with Gasteiger partial charge in [0.05, 0.1) is 5.56 Å². The van der Waals surface area contributed by atoms with E-state index in [1.807, 2.05) is 0 Å². The lowest BCUT2D eigenvalue weighted by molar-refractivity contribution is 0.0690. The van der Waals surface area contributed by atoms with Crippen LogP contribution in [0.1, 0.15) is 35.2 Å². The molecular formula is C11H11F2NO2. The first kappa shape index (κ1) is 11.0. The number of benzene rings is 1. The fourth-order valence-electron chi connectivity index (χ4n) is 1.88. The molecule has 1 fully saturated rings. The van der Waals surface area contributed by atoms with E-state index in [0.717, 1.165) is 18.6 Å². The van der Waals surface area contributed by atoms with Crippen LogP contribution in [0.3, 0.4) is 0 Å². The average molecular weight is 227 g/mol. The van der Waals surface area contributed by atoms with Gasteiger partial charge in [-0.25, -0.2) is 13.6 Å². The SMILES string of the molecule is NC1(c2cc(F)c(F)c(C(=O)O)c2)CCC1. The summed E-state index contributed by atoms with van der Waals surface area (Å²) in [5.41, 5.74) is 4.93. The molecule has 0 atom stereocenters. The molecule has 2 rings (SSSR count). The molecule has 3 N–H and O–H groups in total. The van der Waals surface area contributed by atoms with Crippen molar-refractivity contribution in [2.24, 2.45) is 5.73 Å². The zero-order valence-corrected chi connectivity index (χ0v) is 8.46. The zero-order valence-electron chi connectivity index (χ0n) is 8.46. The lowest BCUT2D eigenvalue weighted by Crippen LogP contribution is -2.43. The topological polar surface area (TPSA) is 63.3 Å². The van der Waals surface area contributed by atoms with E-state index in [1.54, 1.807) is 0 Å². The molecule has 0 heterocycles. The number of aromatic carboxylic acids is 1. The van der Waals surface area contributed by atoms with Crippen LogP contribution in [0.5, 0.6) is 0 Å². The predicted octanol–water partition coefficient (Wildman–Crippen LogP) is 2.00. The monoisotopic (exact) mass is 227 g/mol. The van der Waals surface area contributed by atoms with Gasteiger partial charge in [0.1, 0.15) is 0 Å². The highest BCUT2D eigenvalue weighted by Crippen LogP contribution is 2.39. The summed E-state index contributed by atoms with van der Waals surface area (Å²) in [4.78, 5) is 10.7. The molecule has 0 spiro atoms. The number of carboxylic acid groups (broad SMARTS) is 1. The van der Waals surface area contributed by atoms with Gasteiger partial charge in [0.25, 0.3) is 0 Å².